The Balaban J connectivity index is 1.70. The van der Waals surface area contributed by atoms with Crippen molar-refractivity contribution < 1.29 is 13.9 Å². The number of ether oxygens (including phenoxy) is 1. The molecule has 2 aromatic heterocycles. The van der Waals surface area contributed by atoms with Gasteiger partial charge in [-0.3, -0.25) is 4.79 Å². The average molecular weight is 354 g/mol. The van der Waals surface area contributed by atoms with E-state index < -0.39 is 0 Å². The quantitative estimate of drug-likeness (QED) is 0.681. The van der Waals surface area contributed by atoms with Crippen molar-refractivity contribution in [3.05, 3.63) is 71.5 Å². The van der Waals surface area contributed by atoms with Gasteiger partial charge in [0.05, 0.1) is 7.11 Å². The zero-order valence-electron chi connectivity index (χ0n) is 13.4. The van der Waals surface area contributed by atoms with Crippen molar-refractivity contribution in [2.24, 2.45) is 0 Å². The molecule has 0 unspecified atom stereocenters. The Morgan fingerprint density at radius 3 is 2.84 bits per heavy atom. The lowest BCUT2D eigenvalue weighted by atomic mass is 10.2. The lowest BCUT2D eigenvalue weighted by Gasteiger charge is -2.06. The van der Waals surface area contributed by atoms with Gasteiger partial charge in [0, 0.05) is 27.6 Å². The molecule has 0 atom stereocenters. The molecular formula is C19H15FN2O2S. The molecular weight excluding hydrogens is 339 g/mol. The second kappa shape index (κ2) is 7.72. The summed E-state index contributed by atoms with van der Waals surface area (Å²) >= 11 is 1.41. The third-order valence-corrected chi connectivity index (χ3v) is 4.48. The zero-order valence-corrected chi connectivity index (χ0v) is 14.2. The van der Waals surface area contributed by atoms with E-state index in [1.165, 1.54) is 30.6 Å². The van der Waals surface area contributed by atoms with Crippen molar-refractivity contribution in [2.75, 3.05) is 12.4 Å². The number of nitrogens with one attached hydrogen (secondary N) is 1. The maximum atomic E-state index is 13.8. The largest absolute Gasteiger partial charge is 0.493 e. The lowest BCUT2D eigenvalue weighted by Crippen LogP contribution is -2.10. The van der Waals surface area contributed by atoms with Crippen molar-refractivity contribution in [1.82, 2.24) is 4.98 Å². The van der Waals surface area contributed by atoms with Crippen molar-refractivity contribution in [1.29, 1.82) is 0 Å². The number of carbonyl (C=O) groups is 1. The fourth-order valence-electron chi connectivity index (χ4n) is 2.21. The van der Waals surface area contributed by atoms with Gasteiger partial charge in [-0.25, -0.2) is 9.37 Å². The number of nitrogens with zero attached hydrogens (tertiary/aromatic N) is 1. The smallest absolute Gasteiger partial charge is 0.249 e. The molecule has 0 aliphatic heterocycles. The van der Waals surface area contributed by atoms with Crippen LogP contribution in [0.3, 0.4) is 0 Å². The molecule has 4 nitrogen and oxygen atoms in total. The molecule has 6 heteroatoms. The summed E-state index contributed by atoms with van der Waals surface area (Å²) in [4.78, 5) is 17.8. The highest BCUT2D eigenvalue weighted by Crippen LogP contribution is 2.30. The van der Waals surface area contributed by atoms with Gasteiger partial charge >= 0.3 is 0 Å². The van der Waals surface area contributed by atoms with Gasteiger partial charge in [-0.15, -0.1) is 11.3 Å². The summed E-state index contributed by atoms with van der Waals surface area (Å²) in [5, 5.41) is 2.66. The number of hydrogen-bond acceptors (Lipinski definition) is 4. The predicted molar refractivity (Wildman–Crippen MR) is 98.2 cm³/mol. The molecule has 1 amide bonds. The molecule has 126 valence electrons. The summed E-state index contributed by atoms with van der Waals surface area (Å²) in [6, 6.07) is 13.7. The van der Waals surface area contributed by atoms with Crippen LogP contribution < -0.4 is 10.1 Å². The highest BCUT2D eigenvalue weighted by Gasteiger charge is 2.08. The highest BCUT2D eigenvalue weighted by atomic mass is 32.1. The first-order valence-electron chi connectivity index (χ1n) is 7.50. The SMILES string of the molecule is COc1cccnc1NC(=O)/C=C\c1ccc(-c2ccccc2F)s1. The van der Waals surface area contributed by atoms with Crippen molar-refractivity contribution in [3.8, 4) is 16.2 Å². The van der Waals surface area contributed by atoms with Crippen LogP contribution in [0.2, 0.25) is 0 Å². The fourth-order valence-corrected chi connectivity index (χ4v) is 3.15. The third kappa shape index (κ3) is 4.10. The Morgan fingerprint density at radius 1 is 1.20 bits per heavy atom. The number of pyridine rings is 1. The van der Waals surface area contributed by atoms with Crippen molar-refractivity contribution >= 4 is 29.1 Å². The minimum atomic E-state index is -0.321. The molecule has 0 radical (unpaired) electrons. The van der Waals surface area contributed by atoms with E-state index in [2.05, 4.69) is 10.3 Å². The van der Waals surface area contributed by atoms with Crippen LogP contribution in [-0.4, -0.2) is 18.0 Å². The topological polar surface area (TPSA) is 51.2 Å². The van der Waals surface area contributed by atoms with Crippen LogP contribution in [0.15, 0.2) is 60.8 Å². The molecule has 1 N–H and O–H groups in total. The van der Waals surface area contributed by atoms with Gasteiger partial charge in [0.25, 0.3) is 0 Å². The molecule has 0 fully saturated rings. The van der Waals surface area contributed by atoms with Gasteiger partial charge in [-0.05, 0) is 36.4 Å². The van der Waals surface area contributed by atoms with Crippen LogP contribution in [0, 0.1) is 5.82 Å². The van der Waals surface area contributed by atoms with E-state index in [0.29, 0.717) is 17.1 Å². The Hall–Kier alpha value is -2.99. The molecule has 0 aliphatic carbocycles. The van der Waals surface area contributed by atoms with Gasteiger partial charge < -0.3 is 10.1 Å². The Labute approximate surface area is 148 Å². The number of aromatic nitrogens is 1. The minimum absolute atomic E-state index is 0.264. The molecule has 25 heavy (non-hydrogen) atoms. The van der Waals surface area contributed by atoms with E-state index in [-0.39, 0.29) is 11.7 Å². The molecule has 1 aromatic carbocycles. The third-order valence-electron chi connectivity index (χ3n) is 3.40. The van der Waals surface area contributed by atoms with E-state index in [1.807, 2.05) is 12.1 Å². The summed E-state index contributed by atoms with van der Waals surface area (Å²) in [6.07, 6.45) is 4.66. The maximum Gasteiger partial charge on any atom is 0.249 e. The summed E-state index contributed by atoms with van der Waals surface area (Å²) in [5.74, 6) is 0.262. The molecule has 0 spiro atoms. The number of methoxy groups -OCH3 is 1. The van der Waals surface area contributed by atoms with Crippen molar-refractivity contribution in [3.63, 3.8) is 0 Å². The minimum Gasteiger partial charge on any atom is -0.493 e. The van der Waals surface area contributed by atoms with Gasteiger partial charge in [0.1, 0.15) is 5.82 Å². The molecule has 0 bridgehead atoms. The molecule has 2 heterocycles. The number of benzene rings is 1. The van der Waals surface area contributed by atoms with Crippen LogP contribution >= 0.6 is 11.3 Å². The molecule has 0 saturated carbocycles. The molecule has 0 saturated heterocycles. The number of carbonyl (C=O) groups excluding carboxylic acids is 1. The van der Waals surface area contributed by atoms with Gasteiger partial charge in [0.15, 0.2) is 11.6 Å². The summed E-state index contributed by atoms with van der Waals surface area (Å²) in [7, 11) is 1.51. The fraction of sp³-hybridized carbons (Fsp3) is 0.0526. The number of halogens is 1. The van der Waals surface area contributed by atoms with Crippen LogP contribution in [0.5, 0.6) is 5.75 Å². The number of thiophene rings is 1. The lowest BCUT2D eigenvalue weighted by molar-refractivity contribution is -0.111. The van der Waals surface area contributed by atoms with Crippen LogP contribution in [-0.2, 0) is 4.79 Å². The van der Waals surface area contributed by atoms with E-state index in [9.17, 15) is 9.18 Å². The van der Waals surface area contributed by atoms with E-state index in [1.54, 1.807) is 42.6 Å². The molecule has 3 aromatic rings. The Kier molecular flexibility index (Phi) is 5.20. The van der Waals surface area contributed by atoms with Crippen LogP contribution in [0.4, 0.5) is 10.2 Å². The number of amides is 1. The Morgan fingerprint density at radius 2 is 2.04 bits per heavy atom. The summed E-state index contributed by atoms with van der Waals surface area (Å²) < 4.78 is 19.0. The molecule has 0 aliphatic rings. The van der Waals surface area contributed by atoms with Crippen LogP contribution in [0.25, 0.3) is 16.5 Å². The first kappa shape index (κ1) is 16.9. The second-order valence-corrected chi connectivity index (χ2v) is 6.17. The number of hydrogen-bond donors (Lipinski definition) is 1. The standard InChI is InChI=1S/C19H15FN2O2S/c1-24-16-7-4-12-21-19(16)22-18(23)11-9-13-8-10-17(25-13)14-5-2-3-6-15(14)20/h2-12H,1H3,(H,21,22,23)/b11-9-. The second-order valence-electron chi connectivity index (χ2n) is 5.06. The van der Waals surface area contributed by atoms with E-state index in [0.717, 1.165) is 9.75 Å². The van der Waals surface area contributed by atoms with Gasteiger partial charge in [0.2, 0.25) is 5.91 Å². The number of rotatable bonds is 5. The van der Waals surface area contributed by atoms with E-state index >= 15 is 0 Å². The predicted octanol–water partition coefficient (Wildman–Crippen LogP) is 4.61. The number of anilines is 1. The average Bonchev–Trinajstić information content (AvgIpc) is 3.09. The molecule has 3 rings (SSSR count). The zero-order chi connectivity index (χ0) is 17.6. The van der Waals surface area contributed by atoms with Crippen molar-refractivity contribution in [2.45, 2.75) is 0 Å². The van der Waals surface area contributed by atoms with Crippen LogP contribution in [0.1, 0.15) is 4.88 Å². The van der Waals surface area contributed by atoms with Gasteiger partial charge in [-0.1, -0.05) is 18.2 Å². The first-order chi connectivity index (χ1) is 12.2. The Bertz CT molecular complexity index is 921. The van der Waals surface area contributed by atoms with Gasteiger partial charge in [-0.2, -0.15) is 0 Å². The monoisotopic (exact) mass is 354 g/mol. The normalized spacial score (nSPS) is 10.8. The summed E-state index contributed by atoms with van der Waals surface area (Å²) in [6.45, 7) is 0. The summed E-state index contributed by atoms with van der Waals surface area (Å²) in [5.41, 5.74) is 0.551. The first-order valence-corrected chi connectivity index (χ1v) is 8.32. The van der Waals surface area contributed by atoms with E-state index in [4.69, 9.17) is 4.74 Å². The maximum absolute atomic E-state index is 13.8. The highest BCUT2D eigenvalue weighted by molar-refractivity contribution is 7.16.